The van der Waals surface area contributed by atoms with Crippen LogP contribution >= 0.6 is 23.2 Å². The van der Waals surface area contributed by atoms with E-state index in [0.717, 1.165) is 0 Å². The molecule has 0 bridgehead atoms. The Bertz CT molecular complexity index is 228. The Morgan fingerprint density at radius 1 is 1.00 bits per heavy atom. The largest absolute Gasteiger partial charge is 0.480 e. The SMILES string of the molecule is O=C(O)[C@]1(Cl)CC[C@]1(Cl)C(=O)O. The Kier molecular flexibility index (Phi) is 2.00. The van der Waals surface area contributed by atoms with Gasteiger partial charge < -0.3 is 10.2 Å². The summed E-state index contributed by atoms with van der Waals surface area (Å²) in [6.45, 7) is 0. The highest BCUT2D eigenvalue weighted by Gasteiger charge is 2.67. The predicted octanol–water partition coefficient (Wildman–Crippen LogP) is 0.905. The number of hydrogen-bond donors (Lipinski definition) is 2. The number of carboxylic acids is 2. The molecule has 1 fully saturated rings. The molecule has 2 atom stereocenters. The van der Waals surface area contributed by atoms with Crippen molar-refractivity contribution in [2.75, 3.05) is 0 Å². The standard InChI is InChI=1S/C6H6Cl2O4/c7-5(3(9)10)1-2-6(5,8)4(11)12/h1-2H2,(H,9,10)(H,11,12)/t5-,6+. The van der Waals surface area contributed by atoms with Crippen LogP contribution in [0.5, 0.6) is 0 Å². The summed E-state index contributed by atoms with van der Waals surface area (Å²) >= 11 is 11.1. The number of halogens is 2. The monoisotopic (exact) mass is 212 g/mol. The van der Waals surface area contributed by atoms with Crippen LogP contribution in [0.25, 0.3) is 0 Å². The first kappa shape index (κ1) is 9.61. The molecule has 6 heteroatoms. The van der Waals surface area contributed by atoms with E-state index >= 15 is 0 Å². The van der Waals surface area contributed by atoms with Gasteiger partial charge in [0.05, 0.1) is 0 Å². The molecule has 0 aromatic heterocycles. The average Bonchev–Trinajstić information content (AvgIpc) is 1.98. The molecule has 1 aliphatic carbocycles. The summed E-state index contributed by atoms with van der Waals surface area (Å²) in [5, 5.41) is 17.2. The molecule has 0 radical (unpaired) electrons. The zero-order valence-electron chi connectivity index (χ0n) is 5.88. The van der Waals surface area contributed by atoms with Crippen molar-refractivity contribution < 1.29 is 19.8 Å². The minimum atomic E-state index is -1.85. The molecule has 0 spiro atoms. The second-order valence-corrected chi connectivity index (χ2v) is 4.00. The topological polar surface area (TPSA) is 74.6 Å². The van der Waals surface area contributed by atoms with Crippen LogP contribution in [-0.4, -0.2) is 31.9 Å². The van der Waals surface area contributed by atoms with E-state index in [1.54, 1.807) is 0 Å². The summed E-state index contributed by atoms with van der Waals surface area (Å²) < 4.78 is 0. The second kappa shape index (κ2) is 2.50. The maximum Gasteiger partial charge on any atom is 0.327 e. The van der Waals surface area contributed by atoms with E-state index in [0.29, 0.717) is 0 Å². The van der Waals surface area contributed by atoms with Crippen molar-refractivity contribution in [1.29, 1.82) is 0 Å². The third kappa shape index (κ3) is 0.912. The maximum atomic E-state index is 10.5. The molecule has 0 aliphatic heterocycles. The lowest BCUT2D eigenvalue weighted by molar-refractivity contribution is -0.155. The minimum absolute atomic E-state index is 0.0830. The second-order valence-electron chi connectivity index (χ2n) is 2.71. The van der Waals surface area contributed by atoms with Gasteiger partial charge in [0.1, 0.15) is 0 Å². The summed E-state index contributed by atoms with van der Waals surface area (Å²) in [5.74, 6) is -2.76. The van der Waals surface area contributed by atoms with Gasteiger partial charge in [-0.05, 0) is 12.8 Å². The molecular weight excluding hydrogens is 207 g/mol. The summed E-state index contributed by atoms with van der Waals surface area (Å²) in [6, 6.07) is 0. The molecule has 0 aromatic rings. The van der Waals surface area contributed by atoms with E-state index in [9.17, 15) is 9.59 Å². The fourth-order valence-electron chi connectivity index (χ4n) is 1.12. The van der Waals surface area contributed by atoms with E-state index in [1.165, 1.54) is 0 Å². The van der Waals surface area contributed by atoms with E-state index in [2.05, 4.69) is 0 Å². The van der Waals surface area contributed by atoms with Gasteiger partial charge >= 0.3 is 11.9 Å². The van der Waals surface area contributed by atoms with Crippen molar-refractivity contribution in [1.82, 2.24) is 0 Å². The van der Waals surface area contributed by atoms with Gasteiger partial charge in [-0.15, -0.1) is 23.2 Å². The molecule has 0 unspecified atom stereocenters. The van der Waals surface area contributed by atoms with Crippen molar-refractivity contribution in [3.63, 3.8) is 0 Å². The Morgan fingerprint density at radius 3 is 1.33 bits per heavy atom. The van der Waals surface area contributed by atoms with Crippen molar-refractivity contribution in [3.8, 4) is 0 Å². The quantitative estimate of drug-likeness (QED) is 0.668. The van der Waals surface area contributed by atoms with Gasteiger partial charge in [-0.1, -0.05) is 0 Å². The van der Waals surface area contributed by atoms with E-state index in [4.69, 9.17) is 33.4 Å². The summed E-state index contributed by atoms with van der Waals surface area (Å²) in [7, 11) is 0. The first-order chi connectivity index (χ1) is 5.34. The van der Waals surface area contributed by atoms with Crippen molar-refractivity contribution in [2.45, 2.75) is 22.6 Å². The Balaban J connectivity index is 2.97. The number of carbonyl (C=O) groups is 2. The molecule has 2 N–H and O–H groups in total. The normalized spacial score (nSPS) is 40.2. The van der Waals surface area contributed by atoms with Crippen LogP contribution in [0, 0.1) is 0 Å². The highest BCUT2D eigenvalue weighted by molar-refractivity contribution is 6.49. The van der Waals surface area contributed by atoms with Crippen LogP contribution in [0.2, 0.25) is 0 Å². The number of alkyl halides is 2. The average molecular weight is 213 g/mol. The highest BCUT2D eigenvalue weighted by Crippen LogP contribution is 2.52. The molecule has 0 aromatic carbocycles. The molecular formula is C6H6Cl2O4. The zero-order valence-corrected chi connectivity index (χ0v) is 7.39. The molecule has 0 amide bonds. The fourth-order valence-corrected chi connectivity index (χ4v) is 1.66. The van der Waals surface area contributed by atoms with Crippen LogP contribution in [0.1, 0.15) is 12.8 Å². The van der Waals surface area contributed by atoms with Crippen molar-refractivity contribution >= 4 is 35.1 Å². The van der Waals surface area contributed by atoms with Crippen LogP contribution < -0.4 is 0 Å². The van der Waals surface area contributed by atoms with Crippen LogP contribution in [0.4, 0.5) is 0 Å². The van der Waals surface area contributed by atoms with E-state index in [1.807, 2.05) is 0 Å². The van der Waals surface area contributed by atoms with Gasteiger partial charge in [0.2, 0.25) is 0 Å². The molecule has 4 nitrogen and oxygen atoms in total. The van der Waals surface area contributed by atoms with Crippen molar-refractivity contribution in [3.05, 3.63) is 0 Å². The first-order valence-electron chi connectivity index (χ1n) is 3.19. The molecule has 1 saturated carbocycles. The first-order valence-corrected chi connectivity index (χ1v) is 3.95. The summed E-state index contributed by atoms with van der Waals surface area (Å²) in [5.41, 5.74) is 0. The number of carboxylic acid groups (broad SMARTS) is 2. The van der Waals surface area contributed by atoms with Gasteiger partial charge in [0.15, 0.2) is 9.75 Å². The lowest BCUT2D eigenvalue weighted by Crippen LogP contribution is -2.64. The van der Waals surface area contributed by atoms with Crippen LogP contribution in [0.15, 0.2) is 0 Å². The van der Waals surface area contributed by atoms with E-state index in [-0.39, 0.29) is 12.8 Å². The molecule has 12 heavy (non-hydrogen) atoms. The Morgan fingerprint density at radius 2 is 1.25 bits per heavy atom. The summed E-state index contributed by atoms with van der Waals surface area (Å²) in [6.07, 6.45) is 0.166. The van der Waals surface area contributed by atoms with Crippen LogP contribution in [-0.2, 0) is 9.59 Å². The fraction of sp³-hybridized carbons (Fsp3) is 0.667. The van der Waals surface area contributed by atoms with Crippen molar-refractivity contribution in [2.24, 2.45) is 0 Å². The molecule has 0 saturated heterocycles. The number of aliphatic carboxylic acids is 2. The molecule has 1 rings (SSSR count). The lowest BCUT2D eigenvalue weighted by Gasteiger charge is -2.45. The third-order valence-corrected chi connectivity index (χ3v) is 3.56. The summed E-state index contributed by atoms with van der Waals surface area (Å²) in [4.78, 5) is 17.4. The van der Waals surface area contributed by atoms with E-state index < -0.39 is 21.7 Å². The smallest absolute Gasteiger partial charge is 0.327 e. The molecule has 0 heterocycles. The van der Waals surface area contributed by atoms with Gasteiger partial charge in [-0.25, -0.2) is 0 Å². The Labute approximate surface area is 78.1 Å². The van der Waals surface area contributed by atoms with Gasteiger partial charge in [0, 0.05) is 0 Å². The lowest BCUT2D eigenvalue weighted by atomic mass is 9.72. The molecule has 1 aliphatic rings. The predicted molar refractivity (Wildman–Crippen MR) is 41.7 cm³/mol. The number of hydrogen-bond acceptors (Lipinski definition) is 2. The maximum absolute atomic E-state index is 10.5. The Hall–Kier alpha value is -0.480. The van der Waals surface area contributed by atoms with Gasteiger partial charge in [-0.3, -0.25) is 9.59 Å². The zero-order chi connectivity index (χ0) is 9.57. The van der Waals surface area contributed by atoms with Gasteiger partial charge in [-0.2, -0.15) is 0 Å². The van der Waals surface area contributed by atoms with Crippen LogP contribution in [0.3, 0.4) is 0 Å². The number of rotatable bonds is 2. The highest BCUT2D eigenvalue weighted by atomic mass is 35.5. The molecule has 68 valence electrons. The van der Waals surface area contributed by atoms with Gasteiger partial charge in [0.25, 0.3) is 0 Å². The third-order valence-electron chi connectivity index (χ3n) is 2.12. The minimum Gasteiger partial charge on any atom is -0.480 e.